The van der Waals surface area contributed by atoms with E-state index in [1.807, 2.05) is 0 Å². The predicted octanol–water partition coefficient (Wildman–Crippen LogP) is 6.89. The number of rotatable bonds is 7. The van der Waals surface area contributed by atoms with Crippen LogP contribution >= 0.6 is 0 Å². The standard InChI is InChI=1S/C26H32OSi/c1-26(21-12-6-7-13-21,17-10-18-27-28(2,3)4)25-16-9-15-23-22-14-8-5-11-20(22)19-24(23)25/h5-9,11-16,21H,10,17-19H2,1-4H3. The lowest BCUT2D eigenvalue weighted by Gasteiger charge is -2.37. The van der Waals surface area contributed by atoms with Crippen LogP contribution in [0.25, 0.3) is 11.1 Å². The minimum atomic E-state index is -1.45. The number of benzene rings is 2. The predicted molar refractivity (Wildman–Crippen MR) is 122 cm³/mol. The van der Waals surface area contributed by atoms with Gasteiger partial charge in [0.15, 0.2) is 8.32 Å². The number of allylic oxidation sites excluding steroid dienone is 4. The molecule has 146 valence electrons. The van der Waals surface area contributed by atoms with E-state index in [-0.39, 0.29) is 5.41 Å². The first-order chi connectivity index (χ1) is 13.4. The Morgan fingerprint density at radius 1 is 0.964 bits per heavy atom. The molecule has 28 heavy (non-hydrogen) atoms. The summed E-state index contributed by atoms with van der Waals surface area (Å²) in [6, 6.07) is 15.8. The fraction of sp³-hybridized carbons (Fsp3) is 0.385. The highest BCUT2D eigenvalue weighted by atomic mass is 28.4. The summed E-state index contributed by atoms with van der Waals surface area (Å²) in [6.45, 7) is 10.2. The lowest BCUT2D eigenvalue weighted by atomic mass is 9.67. The summed E-state index contributed by atoms with van der Waals surface area (Å²) in [6.07, 6.45) is 12.5. The normalized spacial score (nSPS) is 17.6. The van der Waals surface area contributed by atoms with E-state index in [0.29, 0.717) is 5.92 Å². The Kier molecular flexibility index (Phi) is 5.20. The van der Waals surface area contributed by atoms with Gasteiger partial charge in [-0.1, -0.05) is 73.7 Å². The van der Waals surface area contributed by atoms with E-state index in [0.717, 1.165) is 25.9 Å². The van der Waals surface area contributed by atoms with Gasteiger partial charge in [0.05, 0.1) is 0 Å². The Labute approximate surface area is 171 Å². The molecule has 0 aromatic heterocycles. The lowest BCUT2D eigenvalue weighted by Crippen LogP contribution is -2.32. The average Bonchev–Trinajstić information content (AvgIpc) is 3.32. The van der Waals surface area contributed by atoms with E-state index in [9.17, 15) is 0 Å². The molecule has 1 nitrogen and oxygen atoms in total. The maximum absolute atomic E-state index is 6.17. The molecular formula is C26H32OSi. The van der Waals surface area contributed by atoms with Gasteiger partial charge in [0.2, 0.25) is 0 Å². The summed E-state index contributed by atoms with van der Waals surface area (Å²) in [5.41, 5.74) is 7.47. The van der Waals surface area contributed by atoms with Crippen molar-refractivity contribution in [2.24, 2.45) is 5.92 Å². The van der Waals surface area contributed by atoms with Crippen LogP contribution in [0.3, 0.4) is 0 Å². The van der Waals surface area contributed by atoms with Gasteiger partial charge in [0.1, 0.15) is 0 Å². The Bertz CT molecular complexity index is 906. The van der Waals surface area contributed by atoms with E-state index in [2.05, 4.69) is 93.3 Å². The third-order valence-corrected chi connectivity index (χ3v) is 7.40. The number of hydrogen-bond donors (Lipinski definition) is 0. The summed E-state index contributed by atoms with van der Waals surface area (Å²) in [7, 11) is -1.45. The molecule has 2 aliphatic rings. The van der Waals surface area contributed by atoms with Crippen LogP contribution in [0.2, 0.25) is 19.6 Å². The van der Waals surface area contributed by atoms with Crippen molar-refractivity contribution in [2.75, 3.05) is 6.61 Å². The fourth-order valence-electron chi connectivity index (χ4n) is 4.85. The molecule has 0 spiro atoms. The summed E-state index contributed by atoms with van der Waals surface area (Å²) in [5, 5.41) is 0. The Morgan fingerprint density at radius 2 is 1.68 bits per heavy atom. The van der Waals surface area contributed by atoms with Crippen molar-refractivity contribution in [3.05, 3.63) is 83.5 Å². The second kappa shape index (κ2) is 7.49. The summed E-state index contributed by atoms with van der Waals surface area (Å²) >= 11 is 0. The Morgan fingerprint density at radius 3 is 2.43 bits per heavy atom. The van der Waals surface area contributed by atoms with Gasteiger partial charge in [-0.3, -0.25) is 0 Å². The van der Waals surface area contributed by atoms with E-state index in [4.69, 9.17) is 4.43 Å². The molecule has 1 atom stereocenters. The highest BCUT2D eigenvalue weighted by molar-refractivity contribution is 6.69. The van der Waals surface area contributed by atoms with Crippen LogP contribution in [-0.4, -0.2) is 14.9 Å². The van der Waals surface area contributed by atoms with Crippen LogP contribution in [0.4, 0.5) is 0 Å². The second-order valence-corrected chi connectivity index (χ2v) is 14.0. The van der Waals surface area contributed by atoms with Crippen molar-refractivity contribution in [3.8, 4) is 11.1 Å². The zero-order valence-corrected chi connectivity index (χ0v) is 18.7. The van der Waals surface area contributed by atoms with E-state index < -0.39 is 8.32 Å². The van der Waals surface area contributed by atoms with E-state index in [1.54, 1.807) is 0 Å². The molecule has 2 aromatic carbocycles. The molecule has 0 fully saturated rings. The summed E-state index contributed by atoms with van der Waals surface area (Å²) in [5.74, 6) is 0.453. The molecule has 2 heteroatoms. The van der Waals surface area contributed by atoms with Crippen molar-refractivity contribution >= 4 is 8.32 Å². The zero-order chi connectivity index (χ0) is 19.8. The van der Waals surface area contributed by atoms with Crippen LogP contribution in [-0.2, 0) is 16.3 Å². The fourth-order valence-corrected chi connectivity index (χ4v) is 5.60. The first kappa shape index (κ1) is 19.4. The van der Waals surface area contributed by atoms with Gasteiger partial charge in [0.25, 0.3) is 0 Å². The Balaban J connectivity index is 1.67. The maximum atomic E-state index is 6.17. The van der Waals surface area contributed by atoms with Crippen LogP contribution in [0, 0.1) is 5.92 Å². The van der Waals surface area contributed by atoms with Crippen molar-refractivity contribution in [1.82, 2.24) is 0 Å². The van der Waals surface area contributed by atoms with Gasteiger partial charge in [-0.25, -0.2) is 0 Å². The molecule has 1 unspecified atom stereocenters. The largest absolute Gasteiger partial charge is 0.418 e. The SMILES string of the molecule is CC(CCCO[Si](C)(C)C)(c1cccc2c1Cc1ccccc1-2)C1C=CC=C1. The van der Waals surface area contributed by atoms with Gasteiger partial charge in [-0.2, -0.15) is 0 Å². The minimum Gasteiger partial charge on any atom is -0.418 e. The van der Waals surface area contributed by atoms with Gasteiger partial charge in [-0.15, -0.1) is 0 Å². The number of hydrogen-bond acceptors (Lipinski definition) is 1. The van der Waals surface area contributed by atoms with Crippen molar-refractivity contribution < 1.29 is 4.43 Å². The highest BCUT2D eigenvalue weighted by Gasteiger charge is 2.37. The summed E-state index contributed by atoms with van der Waals surface area (Å²) in [4.78, 5) is 0. The number of fused-ring (bicyclic) bond motifs is 3. The van der Waals surface area contributed by atoms with Gasteiger partial charge >= 0.3 is 0 Å². The molecule has 0 heterocycles. The lowest BCUT2D eigenvalue weighted by molar-refractivity contribution is 0.266. The monoisotopic (exact) mass is 388 g/mol. The first-order valence-corrected chi connectivity index (χ1v) is 14.0. The second-order valence-electron chi connectivity index (χ2n) is 9.44. The highest BCUT2D eigenvalue weighted by Crippen LogP contribution is 2.47. The molecule has 0 aliphatic heterocycles. The van der Waals surface area contributed by atoms with Crippen molar-refractivity contribution in [1.29, 1.82) is 0 Å². The van der Waals surface area contributed by atoms with E-state index in [1.165, 1.54) is 27.8 Å². The smallest absolute Gasteiger partial charge is 0.183 e. The third-order valence-electron chi connectivity index (χ3n) is 6.33. The molecule has 0 N–H and O–H groups in total. The van der Waals surface area contributed by atoms with Crippen LogP contribution in [0.5, 0.6) is 0 Å². The Hall–Kier alpha value is -1.90. The molecule has 2 aliphatic carbocycles. The topological polar surface area (TPSA) is 9.23 Å². The van der Waals surface area contributed by atoms with Crippen LogP contribution in [0.15, 0.2) is 66.8 Å². The zero-order valence-electron chi connectivity index (χ0n) is 17.7. The van der Waals surface area contributed by atoms with Gasteiger partial charge in [-0.05, 0) is 66.7 Å². The minimum absolute atomic E-state index is 0.0969. The van der Waals surface area contributed by atoms with Crippen molar-refractivity contribution in [3.63, 3.8) is 0 Å². The molecule has 2 aromatic rings. The first-order valence-electron chi connectivity index (χ1n) is 10.6. The molecule has 0 saturated carbocycles. The third kappa shape index (κ3) is 3.68. The van der Waals surface area contributed by atoms with Gasteiger partial charge < -0.3 is 4.43 Å². The molecule has 0 saturated heterocycles. The molecule has 4 rings (SSSR count). The van der Waals surface area contributed by atoms with Crippen LogP contribution < -0.4 is 0 Å². The quantitative estimate of drug-likeness (QED) is 0.316. The average molecular weight is 389 g/mol. The van der Waals surface area contributed by atoms with Gasteiger partial charge in [0, 0.05) is 17.9 Å². The van der Waals surface area contributed by atoms with E-state index >= 15 is 0 Å². The molecule has 0 radical (unpaired) electrons. The maximum Gasteiger partial charge on any atom is 0.183 e. The van der Waals surface area contributed by atoms with Crippen LogP contribution in [0.1, 0.15) is 36.5 Å². The molecule has 0 amide bonds. The molecular weight excluding hydrogens is 356 g/mol. The summed E-state index contributed by atoms with van der Waals surface area (Å²) < 4.78 is 6.17. The molecule has 0 bridgehead atoms. The van der Waals surface area contributed by atoms with Crippen molar-refractivity contribution in [2.45, 2.75) is 51.2 Å².